The van der Waals surface area contributed by atoms with Gasteiger partial charge in [-0.3, -0.25) is 4.79 Å². The van der Waals surface area contributed by atoms with Crippen LogP contribution in [0.1, 0.15) is 27.4 Å². The summed E-state index contributed by atoms with van der Waals surface area (Å²) in [6.07, 6.45) is 0. The number of hydrogen-bond acceptors (Lipinski definition) is 6. The van der Waals surface area contributed by atoms with Crippen LogP contribution in [0.2, 0.25) is 0 Å². The number of halogens is 1. The van der Waals surface area contributed by atoms with E-state index in [2.05, 4.69) is 5.16 Å². The average Bonchev–Trinajstić information content (AvgIpc) is 3.15. The van der Waals surface area contributed by atoms with Gasteiger partial charge in [-0.05, 0) is 62.4 Å². The topological polar surface area (TPSA) is 93.0 Å². The lowest BCUT2D eigenvalue weighted by Crippen LogP contribution is -2.50. The maximum atomic E-state index is 13.1. The Labute approximate surface area is 191 Å². The molecule has 1 saturated heterocycles. The van der Waals surface area contributed by atoms with Gasteiger partial charge in [0.2, 0.25) is 10.0 Å². The number of nitrogens with zero attached hydrogens (tertiary/aromatic N) is 3. The molecule has 0 saturated carbocycles. The van der Waals surface area contributed by atoms with Crippen LogP contribution in [-0.2, 0) is 16.6 Å². The number of aryl methyl sites for hydroxylation is 2. The number of amides is 1. The molecule has 2 heterocycles. The molecule has 8 nitrogen and oxygen atoms in total. The molecule has 0 radical (unpaired) electrons. The minimum atomic E-state index is -3.73. The van der Waals surface area contributed by atoms with E-state index in [1.54, 1.807) is 29.2 Å². The summed E-state index contributed by atoms with van der Waals surface area (Å²) in [7, 11) is -3.73. The lowest BCUT2D eigenvalue weighted by atomic mass is 10.1. The van der Waals surface area contributed by atoms with Crippen molar-refractivity contribution in [1.82, 2.24) is 14.4 Å². The molecule has 1 aromatic heterocycles. The van der Waals surface area contributed by atoms with Gasteiger partial charge in [-0.1, -0.05) is 5.16 Å². The highest BCUT2D eigenvalue weighted by Gasteiger charge is 2.30. The van der Waals surface area contributed by atoms with Crippen molar-refractivity contribution >= 4 is 15.9 Å². The Morgan fingerprint density at radius 2 is 1.67 bits per heavy atom. The Morgan fingerprint density at radius 3 is 2.24 bits per heavy atom. The number of carbonyl (C=O) groups is 1. The fourth-order valence-corrected chi connectivity index (χ4v) is 5.05. The van der Waals surface area contributed by atoms with E-state index in [1.165, 1.54) is 16.4 Å². The fraction of sp³-hybridized carbons (Fsp3) is 0.304. The first-order valence-electron chi connectivity index (χ1n) is 10.5. The van der Waals surface area contributed by atoms with Crippen LogP contribution in [0, 0.1) is 19.7 Å². The quantitative estimate of drug-likeness (QED) is 0.546. The minimum Gasteiger partial charge on any atom is -0.489 e. The molecule has 0 unspecified atom stereocenters. The number of aromatic nitrogens is 1. The second-order valence-corrected chi connectivity index (χ2v) is 9.70. The third-order valence-corrected chi connectivity index (χ3v) is 7.56. The predicted molar refractivity (Wildman–Crippen MR) is 118 cm³/mol. The first-order valence-corrected chi connectivity index (χ1v) is 11.9. The summed E-state index contributed by atoms with van der Waals surface area (Å²) in [6, 6.07) is 11.6. The van der Waals surface area contributed by atoms with Crippen LogP contribution < -0.4 is 4.74 Å². The summed E-state index contributed by atoms with van der Waals surface area (Å²) in [4.78, 5) is 14.5. The van der Waals surface area contributed by atoms with Gasteiger partial charge in [-0.2, -0.15) is 4.31 Å². The van der Waals surface area contributed by atoms with Crippen molar-refractivity contribution in [1.29, 1.82) is 0 Å². The average molecular weight is 474 g/mol. The standard InChI is InChI=1S/C23H24FN3O5S/c1-16-22(17(2)32-25-16)15-31-20-7-3-18(4-8-20)23(28)26-11-13-27(14-12-26)33(29,30)21-9-5-19(24)6-10-21/h3-10H,11-15H2,1-2H3. The third-order valence-electron chi connectivity index (χ3n) is 5.64. The van der Waals surface area contributed by atoms with Crippen molar-refractivity contribution in [3.05, 3.63) is 76.9 Å². The molecule has 1 aliphatic rings. The van der Waals surface area contributed by atoms with Crippen molar-refractivity contribution in [3.8, 4) is 5.75 Å². The maximum absolute atomic E-state index is 13.1. The summed E-state index contributed by atoms with van der Waals surface area (Å²) in [5, 5.41) is 3.90. The second-order valence-electron chi connectivity index (χ2n) is 7.77. The molecule has 10 heteroatoms. The molecule has 4 rings (SSSR count). The largest absolute Gasteiger partial charge is 0.489 e. The van der Waals surface area contributed by atoms with E-state index in [0.29, 0.717) is 23.7 Å². The minimum absolute atomic E-state index is 0.0378. The van der Waals surface area contributed by atoms with Gasteiger partial charge in [-0.25, -0.2) is 12.8 Å². The number of sulfonamides is 1. The highest BCUT2D eigenvalue weighted by molar-refractivity contribution is 7.89. The zero-order valence-corrected chi connectivity index (χ0v) is 19.1. The lowest BCUT2D eigenvalue weighted by molar-refractivity contribution is 0.0698. The summed E-state index contributed by atoms with van der Waals surface area (Å²) in [5.41, 5.74) is 2.16. The van der Waals surface area contributed by atoms with Crippen LogP contribution in [-0.4, -0.2) is 54.9 Å². The monoisotopic (exact) mass is 473 g/mol. The van der Waals surface area contributed by atoms with Crippen molar-refractivity contribution in [2.24, 2.45) is 0 Å². The highest BCUT2D eigenvalue weighted by atomic mass is 32.2. The van der Waals surface area contributed by atoms with E-state index >= 15 is 0 Å². The van der Waals surface area contributed by atoms with Gasteiger partial charge >= 0.3 is 0 Å². The SMILES string of the molecule is Cc1noc(C)c1COc1ccc(C(=O)N2CCN(S(=O)(=O)c3ccc(F)cc3)CC2)cc1. The third kappa shape index (κ3) is 4.91. The van der Waals surface area contributed by atoms with Gasteiger partial charge in [0, 0.05) is 31.7 Å². The van der Waals surface area contributed by atoms with E-state index in [-0.39, 0.29) is 37.0 Å². The number of carbonyl (C=O) groups excluding carboxylic acids is 1. The van der Waals surface area contributed by atoms with E-state index < -0.39 is 15.8 Å². The van der Waals surface area contributed by atoms with Gasteiger partial charge in [0.25, 0.3) is 5.91 Å². The highest BCUT2D eigenvalue weighted by Crippen LogP contribution is 2.21. The van der Waals surface area contributed by atoms with Crippen molar-refractivity contribution < 1.29 is 26.9 Å². The number of ether oxygens (including phenoxy) is 1. The van der Waals surface area contributed by atoms with Crippen molar-refractivity contribution in [3.63, 3.8) is 0 Å². The van der Waals surface area contributed by atoms with Crippen LogP contribution in [0.15, 0.2) is 57.9 Å². The Bertz CT molecular complexity index is 1210. The summed E-state index contributed by atoms with van der Waals surface area (Å²) < 4.78 is 50.8. The van der Waals surface area contributed by atoms with Crippen molar-refractivity contribution in [2.45, 2.75) is 25.3 Å². The molecule has 33 heavy (non-hydrogen) atoms. The summed E-state index contributed by atoms with van der Waals surface area (Å²) in [6.45, 7) is 4.87. The molecule has 0 bridgehead atoms. The molecular weight excluding hydrogens is 449 g/mol. The Hall–Kier alpha value is -3.24. The van der Waals surface area contributed by atoms with Gasteiger partial charge < -0.3 is 14.2 Å². The van der Waals surface area contributed by atoms with Crippen molar-refractivity contribution in [2.75, 3.05) is 26.2 Å². The van der Waals surface area contributed by atoms with E-state index in [9.17, 15) is 17.6 Å². The zero-order chi connectivity index (χ0) is 23.6. The number of hydrogen-bond donors (Lipinski definition) is 0. The normalized spacial score (nSPS) is 14.9. The molecule has 1 amide bonds. The van der Waals surface area contributed by atoms with Gasteiger partial charge in [0.15, 0.2) is 0 Å². The predicted octanol–water partition coefficient (Wildman–Crippen LogP) is 3.16. The van der Waals surface area contributed by atoms with Gasteiger partial charge in [-0.15, -0.1) is 0 Å². The molecule has 0 atom stereocenters. The zero-order valence-electron chi connectivity index (χ0n) is 18.3. The van der Waals surface area contributed by atoms with Crippen LogP contribution in [0.4, 0.5) is 4.39 Å². The van der Waals surface area contributed by atoms with Gasteiger partial charge in [0.1, 0.15) is 23.9 Å². The smallest absolute Gasteiger partial charge is 0.253 e. The molecule has 174 valence electrons. The summed E-state index contributed by atoms with van der Waals surface area (Å²) >= 11 is 0. The van der Waals surface area contributed by atoms with Crippen LogP contribution in [0.25, 0.3) is 0 Å². The molecule has 1 fully saturated rings. The number of rotatable bonds is 6. The van der Waals surface area contributed by atoms with Crippen LogP contribution in [0.5, 0.6) is 5.75 Å². The first-order chi connectivity index (χ1) is 15.8. The van der Waals surface area contributed by atoms with Crippen LogP contribution in [0.3, 0.4) is 0 Å². The Kier molecular flexibility index (Phi) is 6.48. The molecule has 0 N–H and O–H groups in total. The fourth-order valence-electron chi connectivity index (χ4n) is 3.63. The Morgan fingerprint density at radius 1 is 1.03 bits per heavy atom. The molecule has 0 aliphatic carbocycles. The molecule has 1 aliphatic heterocycles. The molecule has 3 aromatic rings. The number of benzene rings is 2. The lowest BCUT2D eigenvalue weighted by Gasteiger charge is -2.34. The van der Waals surface area contributed by atoms with Gasteiger partial charge in [0.05, 0.1) is 16.2 Å². The van der Waals surface area contributed by atoms with E-state index in [0.717, 1.165) is 23.4 Å². The number of piperazine rings is 1. The molecule has 2 aromatic carbocycles. The van der Waals surface area contributed by atoms with E-state index in [4.69, 9.17) is 9.26 Å². The Balaban J connectivity index is 1.34. The first kappa shape index (κ1) is 22.9. The van der Waals surface area contributed by atoms with E-state index in [1.807, 2.05) is 13.8 Å². The second kappa shape index (κ2) is 9.32. The molecule has 0 spiro atoms. The molecular formula is C23H24FN3O5S. The maximum Gasteiger partial charge on any atom is 0.253 e. The van der Waals surface area contributed by atoms with Crippen LogP contribution >= 0.6 is 0 Å². The summed E-state index contributed by atoms with van der Waals surface area (Å²) in [5.74, 6) is 0.650.